The molecule has 0 radical (unpaired) electrons. The Bertz CT molecular complexity index is 470. The van der Waals surface area contributed by atoms with Crippen LogP contribution in [0.4, 0.5) is 0 Å². The number of nitrogens with two attached hydrogens (primary N) is 1. The van der Waals surface area contributed by atoms with Crippen molar-refractivity contribution in [1.82, 2.24) is 4.90 Å². The molecule has 0 saturated carbocycles. The summed E-state index contributed by atoms with van der Waals surface area (Å²) in [6, 6.07) is 7.00. The molecular formula is C14H18N2O3. The van der Waals surface area contributed by atoms with Gasteiger partial charge in [-0.25, -0.2) is 0 Å². The van der Waals surface area contributed by atoms with E-state index in [1.54, 1.807) is 0 Å². The quantitative estimate of drug-likeness (QED) is 0.793. The second kappa shape index (κ2) is 5.84. The van der Waals surface area contributed by atoms with Gasteiger partial charge in [-0.2, -0.15) is 0 Å². The van der Waals surface area contributed by atoms with Crippen LogP contribution >= 0.6 is 0 Å². The number of rotatable bonds is 5. The molecule has 0 bridgehead atoms. The molecule has 0 spiro atoms. The van der Waals surface area contributed by atoms with Crippen LogP contribution in [0.2, 0.25) is 0 Å². The molecule has 1 atom stereocenters. The van der Waals surface area contributed by atoms with Gasteiger partial charge in [-0.15, -0.1) is 0 Å². The minimum absolute atomic E-state index is 0.127. The summed E-state index contributed by atoms with van der Waals surface area (Å²) >= 11 is 0. The number of carbonyl (C=O) groups is 2. The van der Waals surface area contributed by atoms with Gasteiger partial charge in [-0.05, 0) is 31.0 Å². The largest absolute Gasteiger partial charge is 0.494 e. The van der Waals surface area contributed by atoms with Crippen LogP contribution in [0.1, 0.15) is 18.9 Å². The van der Waals surface area contributed by atoms with Crippen molar-refractivity contribution in [3.8, 4) is 5.75 Å². The van der Waals surface area contributed by atoms with Crippen molar-refractivity contribution in [2.75, 3.05) is 13.2 Å². The average molecular weight is 262 g/mol. The number of nitrogens with zero attached hydrogens (tertiary/aromatic N) is 1. The second-order valence-corrected chi connectivity index (χ2v) is 4.52. The maximum atomic E-state index is 11.6. The van der Waals surface area contributed by atoms with Gasteiger partial charge in [-0.3, -0.25) is 14.5 Å². The Morgan fingerprint density at radius 2 is 2.00 bits per heavy atom. The SMILES string of the molecule is CCOc1ccc(CCN2C(=O)CC(N)C2=O)cc1. The first-order valence-corrected chi connectivity index (χ1v) is 6.43. The van der Waals surface area contributed by atoms with E-state index in [2.05, 4.69) is 0 Å². The summed E-state index contributed by atoms with van der Waals surface area (Å²) in [7, 11) is 0. The third-order valence-electron chi connectivity index (χ3n) is 3.14. The maximum absolute atomic E-state index is 11.6. The number of likely N-dealkylation sites (tertiary alicyclic amines) is 1. The maximum Gasteiger partial charge on any atom is 0.246 e. The Kier molecular flexibility index (Phi) is 4.16. The van der Waals surface area contributed by atoms with E-state index in [-0.39, 0.29) is 18.2 Å². The molecule has 1 aliphatic heterocycles. The lowest BCUT2D eigenvalue weighted by atomic mass is 10.1. The molecule has 1 saturated heterocycles. The van der Waals surface area contributed by atoms with E-state index in [0.29, 0.717) is 19.6 Å². The highest BCUT2D eigenvalue weighted by Crippen LogP contribution is 2.15. The van der Waals surface area contributed by atoms with Crippen LogP contribution in [0.15, 0.2) is 24.3 Å². The molecule has 5 nitrogen and oxygen atoms in total. The summed E-state index contributed by atoms with van der Waals surface area (Å²) in [5, 5.41) is 0. The molecule has 1 aliphatic rings. The zero-order valence-corrected chi connectivity index (χ0v) is 11.0. The number of benzene rings is 1. The van der Waals surface area contributed by atoms with E-state index in [9.17, 15) is 9.59 Å². The highest BCUT2D eigenvalue weighted by molar-refractivity contribution is 6.05. The van der Waals surface area contributed by atoms with Crippen molar-refractivity contribution < 1.29 is 14.3 Å². The van der Waals surface area contributed by atoms with Crippen LogP contribution in [0, 0.1) is 0 Å². The van der Waals surface area contributed by atoms with Crippen molar-refractivity contribution in [2.24, 2.45) is 5.73 Å². The topological polar surface area (TPSA) is 72.6 Å². The molecular weight excluding hydrogens is 244 g/mol. The predicted molar refractivity (Wildman–Crippen MR) is 70.6 cm³/mol. The van der Waals surface area contributed by atoms with Crippen molar-refractivity contribution in [2.45, 2.75) is 25.8 Å². The standard InChI is InChI=1S/C14H18N2O3/c1-2-19-11-5-3-10(4-6-11)7-8-16-13(17)9-12(15)14(16)18/h3-6,12H,2,7-9,15H2,1H3. The van der Waals surface area contributed by atoms with Gasteiger partial charge in [0.25, 0.3) is 0 Å². The molecule has 1 fully saturated rings. The Morgan fingerprint density at radius 3 is 2.53 bits per heavy atom. The zero-order chi connectivity index (χ0) is 13.8. The van der Waals surface area contributed by atoms with E-state index in [1.807, 2.05) is 31.2 Å². The van der Waals surface area contributed by atoms with Crippen LogP contribution in [-0.2, 0) is 16.0 Å². The highest BCUT2D eigenvalue weighted by atomic mass is 16.5. The molecule has 1 unspecified atom stereocenters. The van der Waals surface area contributed by atoms with Gasteiger partial charge in [0.05, 0.1) is 19.1 Å². The summed E-state index contributed by atoms with van der Waals surface area (Å²) < 4.78 is 5.35. The van der Waals surface area contributed by atoms with Gasteiger partial charge in [0.1, 0.15) is 5.75 Å². The molecule has 1 aromatic carbocycles. The first-order chi connectivity index (χ1) is 9.11. The lowest BCUT2D eigenvalue weighted by molar-refractivity contribution is -0.138. The van der Waals surface area contributed by atoms with E-state index < -0.39 is 6.04 Å². The third kappa shape index (κ3) is 3.12. The monoisotopic (exact) mass is 262 g/mol. The summed E-state index contributed by atoms with van der Waals surface area (Å²) in [6.45, 7) is 2.95. The van der Waals surface area contributed by atoms with Gasteiger partial charge >= 0.3 is 0 Å². The second-order valence-electron chi connectivity index (χ2n) is 4.52. The van der Waals surface area contributed by atoms with Gasteiger partial charge in [-0.1, -0.05) is 12.1 Å². The predicted octanol–water partition coefficient (Wildman–Crippen LogP) is 0.714. The molecule has 1 heterocycles. The van der Waals surface area contributed by atoms with Crippen LogP contribution < -0.4 is 10.5 Å². The number of hydrogen-bond donors (Lipinski definition) is 1. The molecule has 2 amide bonds. The van der Waals surface area contributed by atoms with Gasteiger partial charge in [0.2, 0.25) is 11.8 Å². The number of carbonyl (C=O) groups excluding carboxylic acids is 2. The first-order valence-electron chi connectivity index (χ1n) is 6.43. The number of amides is 2. The van der Waals surface area contributed by atoms with E-state index in [1.165, 1.54) is 4.90 Å². The molecule has 19 heavy (non-hydrogen) atoms. The Morgan fingerprint density at radius 1 is 1.32 bits per heavy atom. The van der Waals surface area contributed by atoms with Crippen molar-refractivity contribution in [3.05, 3.63) is 29.8 Å². The summed E-state index contributed by atoms with van der Waals surface area (Å²) in [5.74, 6) is 0.376. The number of hydrogen-bond acceptors (Lipinski definition) is 4. The normalized spacial score (nSPS) is 19.1. The van der Waals surface area contributed by atoms with Crippen LogP contribution in [0.5, 0.6) is 5.75 Å². The molecule has 102 valence electrons. The van der Waals surface area contributed by atoms with Crippen molar-refractivity contribution in [1.29, 1.82) is 0 Å². The fraction of sp³-hybridized carbons (Fsp3) is 0.429. The Balaban J connectivity index is 1.92. The third-order valence-corrected chi connectivity index (χ3v) is 3.14. The lowest BCUT2D eigenvalue weighted by Crippen LogP contribution is -2.36. The average Bonchev–Trinajstić information content (AvgIpc) is 2.64. The van der Waals surface area contributed by atoms with Gasteiger partial charge in [0.15, 0.2) is 0 Å². The fourth-order valence-corrected chi connectivity index (χ4v) is 2.10. The fourth-order valence-electron chi connectivity index (χ4n) is 2.10. The van der Waals surface area contributed by atoms with Crippen molar-refractivity contribution >= 4 is 11.8 Å². The van der Waals surface area contributed by atoms with Crippen LogP contribution in [-0.4, -0.2) is 35.9 Å². The van der Waals surface area contributed by atoms with Crippen LogP contribution in [0.25, 0.3) is 0 Å². The lowest BCUT2D eigenvalue weighted by Gasteiger charge is -2.14. The van der Waals surface area contributed by atoms with Crippen LogP contribution in [0.3, 0.4) is 0 Å². The smallest absolute Gasteiger partial charge is 0.246 e. The molecule has 1 aromatic rings. The zero-order valence-electron chi connectivity index (χ0n) is 11.0. The van der Waals surface area contributed by atoms with Gasteiger partial charge in [0, 0.05) is 6.54 Å². The molecule has 2 rings (SSSR count). The molecule has 2 N–H and O–H groups in total. The van der Waals surface area contributed by atoms with E-state index in [0.717, 1.165) is 11.3 Å². The highest BCUT2D eigenvalue weighted by Gasteiger charge is 2.35. The van der Waals surface area contributed by atoms with E-state index >= 15 is 0 Å². The summed E-state index contributed by atoms with van der Waals surface area (Å²) in [5.41, 5.74) is 6.61. The van der Waals surface area contributed by atoms with E-state index in [4.69, 9.17) is 10.5 Å². The minimum atomic E-state index is -0.659. The number of imide groups is 1. The van der Waals surface area contributed by atoms with Crippen molar-refractivity contribution in [3.63, 3.8) is 0 Å². The van der Waals surface area contributed by atoms with Gasteiger partial charge < -0.3 is 10.5 Å². The summed E-state index contributed by atoms with van der Waals surface area (Å²) in [4.78, 5) is 24.4. The molecule has 5 heteroatoms. The Labute approximate surface area is 112 Å². The minimum Gasteiger partial charge on any atom is -0.494 e. The first kappa shape index (κ1) is 13.5. The number of ether oxygens (including phenoxy) is 1. The molecule has 0 aromatic heterocycles. The Hall–Kier alpha value is -1.88. The summed E-state index contributed by atoms with van der Waals surface area (Å²) in [6.07, 6.45) is 0.763. The molecule has 0 aliphatic carbocycles.